The summed E-state index contributed by atoms with van der Waals surface area (Å²) in [6.45, 7) is -0.144. The van der Waals surface area contributed by atoms with Crippen LogP contribution in [0.1, 0.15) is 20.9 Å². The molecular formula is C37H26N4O2S2. The number of thiophene rings is 2. The normalized spacial score (nSPS) is 12.2. The fourth-order valence-corrected chi connectivity index (χ4v) is 7.29. The highest BCUT2D eigenvalue weighted by Gasteiger charge is 2.17. The zero-order valence-corrected chi connectivity index (χ0v) is 25.8. The van der Waals surface area contributed by atoms with Crippen molar-refractivity contribution in [1.29, 1.82) is 0 Å². The van der Waals surface area contributed by atoms with Crippen molar-refractivity contribution in [1.82, 2.24) is 19.1 Å². The summed E-state index contributed by atoms with van der Waals surface area (Å²) in [6.07, 6.45) is 12.2. The molecule has 6 heterocycles. The Labute approximate surface area is 266 Å². The van der Waals surface area contributed by atoms with Crippen LogP contribution in [0.5, 0.6) is 0 Å². The lowest BCUT2D eigenvalue weighted by Crippen LogP contribution is -2.08. The molecule has 0 fully saturated rings. The lowest BCUT2D eigenvalue weighted by molar-refractivity contribution is -0.137. The molecule has 0 saturated heterocycles. The molecule has 8 aromatic rings. The Kier molecular flexibility index (Phi) is 6.66. The lowest BCUT2D eigenvalue weighted by Gasteiger charge is -2.05. The Balaban J connectivity index is 1.25. The number of carbonyl (C=O) groups is 1. The lowest BCUT2D eigenvalue weighted by atomic mass is 10.1. The Morgan fingerprint density at radius 3 is 1.80 bits per heavy atom. The molecule has 45 heavy (non-hydrogen) atoms. The number of aromatic nitrogens is 4. The van der Waals surface area contributed by atoms with Crippen LogP contribution in [0.3, 0.4) is 0 Å². The minimum atomic E-state index is -0.896. The second kappa shape index (κ2) is 11.0. The Morgan fingerprint density at radius 2 is 1.22 bits per heavy atom. The maximum Gasteiger partial charge on any atom is 0.323 e. The third kappa shape index (κ3) is 4.94. The molecule has 0 aliphatic carbocycles. The van der Waals surface area contributed by atoms with E-state index < -0.39 is 5.97 Å². The summed E-state index contributed by atoms with van der Waals surface area (Å²) < 4.78 is 4.00. The predicted molar refractivity (Wildman–Crippen MR) is 189 cm³/mol. The van der Waals surface area contributed by atoms with Gasteiger partial charge < -0.3 is 14.2 Å². The van der Waals surface area contributed by atoms with Gasteiger partial charge in [0.2, 0.25) is 0 Å². The van der Waals surface area contributed by atoms with Crippen molar-refractivity contribution in [3.05, 3.63) is 117 Å². The second-order valence-corrected chi connectivity index (χ2v) is 12.9. The fourth-order valence-electron chi connectivity index (χ4n) is 6.06. The van der Waals surface area contributed by atoms with E-state index in [0.717, 1.165) is 66.1 Å². The van der Waals surface area contributed by atoms with Crippen LogP contribution in [0.25, 0.3) is 79.3 Å². The number of carboxylic acid groups (broad SMARTS) is 1. The first kappa shape index (κ1) is 27.3. The van der Waals surface area contributed by atoms with Gasteiger partial charge in [-0.2, -0.15) is 0 Å². The first-order valence-electron chi connectivity index (χ1n) is 14.5. The molecule has 0 unspecified atom stereocenters. The van der Waals surface area contributed by atoms with Crippen molar-refractivity contribution in [2.24, 2.45) is 7.05 Å². The number of pyridine rings is 2. The number of benzene rings is 2. The summed E-state index contributed by atoms with van der Waals surface area (Å²) >= 11 is 3.41. The van der Waals surface area contributed by atoms with Crippen molar-refractivity contribution in [2.45, 2.75) is 6.54 Å². The zero-order valence-electron chi connectivity index (χ0n) is 24.2. The van der Waals surface area contributed by atoms with Gasteiger partial charge in [-0.15, -0.1) is 22.7 Å². The first-order valence-corrected chi connectivity index (χ1v) is 16.2. The van der Waals surface area contributed by atoms with E-state index in [2.05, 4.69) is 95.2 Å². The van der Waals surface area contributed by atoms with E-state index in [1.54, 1.807) is 28.9 Å². The summed E-state index contributed by atoms with van der Waals surface area (Å²) in [5, 5.41) is 18.0. The standard InChI is InChI=1S/C37H26N4O2S2/c1-40-33-12-8-23(6-10-25-4-2-14-44-25)16-27(33)29-18-31(38-20-35(29)40)32-19-30-28-17-24(7-11-26-5-3-15-45-26)9-13-34(28)41(22-37(42)43)36(30)21-39-32/h2-21H,22H2,1H3,(H,42,43)/b10-6+,11-7+. The molecule has 0 aliphatic heterocycles. The van der Waals surface area contributed by atoms with Crippen LogP contribution in [-0.4, -0.2) is 30.2 Å². The van der Waals surface area contributed by atoms with E-state index in [1.165, 1.54) is 9.75 Å². The van der Waals surface area contributed by atoms with Crippen LogP contribution >= 0.6 is 22.7 Å². The maximum absolute atomic E-state index is 11.8. The third-order valence-electron chi connectivity index (χ3n) is 8.21. The molecule has 0 bridgehead atoms. The molecule has 0 aliphatic rings. The summed E-state index contributed by atoms with van der Waals surface area (Å²) in [6, 6.07) is 25.1. The van der Waals surface area contributed by atoms with E-state index in [0.29, 0.717) is 0 Å². The average molecular weight is 623 g/mol. The van der Waals surface area contributed by atoms with Crippen molar-refractivity contribution < 1.29 is 9.90 Å². The molecule has 2 aromatic carbocycles. The van der Waals surface area contributed by atoms with Gasteiger partial charge in [-0.25, -0.2) is 0 Å². The molecule has 0 saturated carbocycles. The maximum atomic E-state index is 11.8. The van der Waals surface area contributed by atoms with Crippen LogP contribution in [0.15, 0.2) is 96.0 Å². The summed E-state index contributed by atoms with van der Waals surface area (Å²) in [5.74, 6) is -0.896. The van der Waals surface area contributed by atoms with Crippen molar-refractivity contribution in [2.75, 3.05) is 0 Å². The number of carboxylic acids is 1. The number of aliphatic carboxylic acids is 1. The van der Waals surface area contributed by atoms with E-state index in [1.807, 2.05) is 35.0 Å². The second-order valence-electron chi connectivity index (χ2n) is 11.0. The molecule has 1 N–H and O–H groups in total. The van der Waals surface area contributed by atoms with Crippen LogP contribution in [0.4, 0.5) is 0 Å². The van der Waals surface area contributed by atoms with E-state index in [9.17, 15) is 9.90 Å². The van der Waals surface area contributed by atoms with Gasteiger partial charge >= 0.3 is 5.97 Å². The van der Waals surface area contributed by atoms with Gasteiger partial charge in [-0.05, 0) is 82.6 Å². The molecule has 0 spiro atoms. The van der Waals surface area contributed by atoms with E-state index >= 15 is 0 Å². The smallest absolute Gasteiger partial charge is 0.323 e. The third-order valence-corrected chi connectivity index (χ3v) is 9.89. The number of hydrogen-bond acceptors (Lipinski definition) is 5. The highest BCUT2D eigenvalue weighted by Crippen LogP contribution is 2.35. The number of hydrogen-bond donors (Lipinski definition) is 1. The van der Waals surface area contributed by atoms with E-state index in [4.69, 9.17) is 9.97 Å². The van der Waals surface area contributed by atoms with Gasteiger partial charge in [0.15, 0.2) is 0 Å². The highest BCUT2D eigenvalue weighted by atomic mass is 32.1. The Bertz CT molecular complexity index is 2450. The van der Waals surface area contributed by atoms with Gasteiger partial charge in [0, 0.05) is 49.4 Å². The van der Waals surface area contributed by atoms with Crippen LogP contribution in [-0.2, 0) is 18.4 Å². The van der Waals surface area contributed by atoms with Gasteiger partial charge in [0.1, 0.15) is 6.54 Å². The quantitative estimate of drug-likeness (QED) is 0.192. The zero-order chi connectivity index (χ0) is 30.5. The van der Waals surface area contributed by atoms with Crippen LogP contribution in [0.2, 0.25) is 0 Å². The monoisotopic (exact) mass is 622 g/mol. The number of nitrogens with zero attached hydrogens (tertiary/aromatic N) is 4. The van der Waals surface area contributed by atoms with Gasteiger partial charge in [0.05, 0.1) is 34.8 Å². The summed E-state index contributed by atoms with van der Waals surface area (Å²) in [4.78, 5) is 23.9. The van der Waals surface area contributed by atoms with Crippen molar-refractivity contribution in [3.8, 4) is 11.4 Å². The number of aryl methyl sites for hydroxylation is 1. The topological polar surface area (TPSA) is 72.9 Å². The Hall–Kier alpha value is -5.31. The molecule has 8 heteroatoms. The fraction of sp³-hybridized carbons (Fsp3) is 0.0541. The largest absolute Gasteiger partial charge is 0.480 e. The molecule has 0 radical (unpaired) electrons. The van der Waals surface area contributed by atoms with Crippen LogP contribution < -0.4 is 0 Å². The molecule has 6 nitrogen and oxygen atoms in total. The first-order chi connectivity index (χ1) is 22.0. The summed E-state index contributed by atoms with van der Waals surface area (Å²) in [7, 11) is 2.07. The Morgan fingerprint density at radius 1 is 0.689 bits per heavy atom. The predicted octanol–water partition coefficient (Wildman–Crippen LogP) is 9.44. The number of fused-ring (bicyclic) bond motifs is 6. The van der Waals surface area contributed by atoms with Gasteiger partial charge in [-0.1, -0.05) is 36.4 Å². The molecule has 6 aromatic heterocycles. The average Bonchev–Trinajstić information content (AvgIpc) is 3.87. The molecular weight excluding hydrogens is 597 g/mol. The molecule has 8 rings (SSSR count). The molecule has 0 atom stereocenters. The summed E-state index contributed by atoms with van der Waals surface area (Å²) in [5.41, 5.74) is 7.52. The SMILES string of the molecule is Cn1c2ccc(/C=C/c3cccs3)cc2c2cc(-c3cc4c5cc(/C=C/c6cccs6)ccc5n(CC(=O)O)c4cn3)ncc21. The molecule has 0 amide bonds. The van der Waals surface area contributed by atoms with Gasteiger partial charge in [-0.3, -0.25) is 14.8 Å². The van der Waals surface area contributed by atoms with Crippen LogP contribution in [0, 0.1) is 0 Å². The highest BCUT2D eigenvalue weighted by molar-refractivity contribution is 7.11. The minimum Gasteiger partial charge on any atom is -0.480 e. The van der Waals surface area contributed by atoms with Gasteiger partial charge in [0.25, 0.3) is 0 Å². The molecule has 218 valence electrons. The number of rotatable bonds is 7. The van der Waals surface area contributed by atoms with E-state index in [-0.39, 0.29) is 6.54 Å². The minimum absolute atomic E-state index is 0.144. The van der Waals surface area contributed by atoms with Crippen molar-refractivity contribution >= 4 is 96.6 Å². The van der Waals surface area contributed by atoms with Crippen molar-refractivity contribution in [3.63, 3.8) is 0 Å².